The zero-order valence-electron chi connectivity index (χ0n) is 11.9. The molecule has 0 amide bonds. The number of sulfonamides is 1. The van der Waals surface area contributed by atoms with Gasteiger partial charge < -0.3 is 9.84 Å². The topological polar surface area (TPSA) is 111 Å². The maximum absolute atomic E-state index is 11.3. The van der Waals surface area contributed by atoms with Gasteiger partial charge in [0.15, 0.2) is 5.82 Å². The van der Waals surface area contributed by atoms with Gasteiger partial charge in [-0.05, 0) is 24.6 Å². The lowest BCUT2D eigenvalue weighted by atomic mass is 10.1. The minimum Gasteiger partial charge on any atom is -0.340 e. The van der Waals surface area contributed by atoms with Gasteiger partial charge in [0.25, 0.3) is 0 Å². The summed E-state index contributed by atoms with van der Waals surface area (Å²) in [7, 11) is -3.68. The van der Waals surface area contributed by atoms with Crippen molar-refractivity contribution in [1.82, 2.24) is 15.5 Å². The van der Waals surface area contributed by atoms with Crippen molar-refractivity contribution in [2.24, 2.45) is 5.14 Å². The molecule has 0 aliphatic rings. The molecule has 0 bridgehead atoms. The lowest BCUT2D eigenvalue weighted by Gasteiger charge is -2.14. The number of nitrogens with one attached hydrogen (secondary N) is 1. The molecule has 1 heterocycles. The Bertz CT molecular complexity index is 712. The SMILES string of the molecule is Cc1nc(CCNC(C)c2cccc(S(N)(=O)=O)c2)no1. The molecule has 0 spiro atoms. The number of hydrogen-bond acceptors (Lipinski definition) is 6. The standard InChI is InChI=1S/C13H18N4O3S/c1-9(15-7-6-13-16-10(2)20-17-13)11-4-3-5-12(8-11)21(14,18)19/h3-5,8-9,15H,6-7H2,1-2H3,(H2,14,18,19). The lowest BCUT2D eigenvalue weighted by molar-refractivity contribution is 0.386. The van der Waals surface area contributed by atoms with Crippen LogP contribution >= 0.6 is 0 Å². The highest BCUT2D eigenvalue weighted by atomic mass is 32.2. The zero-order valence-corrected chi connectivity index (χ0v) is 12.7. The summed E-state index contributed by atoms with van der Waals surface area (Å²) in [6.45, 7) is 4.34. The molecule has 1 aromatic heterocycles. The average Bonchev–Trinajstić information content (AvgIpc) is 2.83. The van der Waals surface area contributed by atoms with Gasteiger partial charge in [-0.25, -0.2) is 13.6 Å². The quantitative estimate of drug-likeness (QED) is 0.820. The Hall–Kier alpha value is -1.77. The fraction of sp³-hybridized carbons (Fsp3) is 0.385. The molecule has 1 unspecified atom stereocenters. The van der Waals surface area contributed by atoms with E-state index in [1.807, 2.05) is 13.0 Å². The molecule has 114 valence electrons. The van der Waals surface area contributed by atoms with E-state index in [2.05, 4.69) is 15.5 Å². The Morgan fingerprint density at radius 2 is 2.19 bits per heavy atom. The zero-order chi connectivity index (χ0) is 15.5. The number of aromatic nitrogens is 2. The number of nitrogens with two attached hydrogens (primary N) is 1. The van der Waals surface area contributed by atoms with Crippen molar-refractivity contribution in [2.45, 2.75) is 31.2 Å². The normalized spacial score (nSPS) is 13.3. The summed E-state index contributed by atoms with van der Waals surface area (Å²) in [6.07, 6.45) is 0.635. The van der Waals surface area contributed by atoms with Crippen LogP contribution in [0.2, 0.25) is 0 Å². The highest BCUT2D eigenvalue weighted by Crippen LogP contribution is 2.16. The van der Waals surface area contributed by atoms with Gasteiger partial charge in [-0.3, -0.25) is 0 Å². The van der Waals surface area contributed by atoms with Gasteiger partial charge in [0.2, 0.25) is 15.9 Å². The van der Waals surface area contributed by atoms with Gasteiger partial charge in [0, 0.05) is 25.9 Å². The van der Waals surface area contributed by atoms with Crippen molar-refractivity contribution in [3.05, 3.63) is 41.5 Å². The molecule has 21 heavy (non-hydrogen) atoms. The predicted molar refractivity (Wildman–Crippen MR) is 77.0 cm³/mol. The third kappa shape index (κ3) is 4.35. The first-order valence-corrected chi connectivity index (χ1v) is 8.06. The van der Waals surface area contributed by atoms with Crippen LogP contribution in [0.1, 0.15) is 30.2 Å². The van der Waals surface area contributed by atoms with Crippen molar-refractivity contribution in [2.75, 3.05) is 6.54 Å². The van der Waals surface area contributed by atoms with E-state index in [-0.39, 0.29) is 10.9 Å². The second-order valence-corrected chi connectivity index (χ2v) is 6.33. The molecule has 0 radical (unpaired) electrons. The van der Waals surface area contributed by atoms with E-state index in [9.17, 15) is 8.42 Å². The van der Waals surface area contributed by atoms with E-state index < -0.39 is 10.0 Å². The Morgan fingerprint density at radius 1 is 1.43 bits per heavy atom. The molecule has 2 aromatic rings. The molecule has 0 aliphatic carbocycles. The molecule has 1 aromatic carbocycles. The summed E-state index contributed by atoms with van der Waals surface area (Å²) in [6, 6.07) is 6.57. The highest BCUT2D eigenvalue weighted by Gasteiger charge is 2.11. The average molecular weight is 310 g/mol. The van der Waals surface area contributed by atoms with Crippen molar-refractivity contribution in [3.8, 4) is 0 Å². The number of primary sulfonamides is 1. The monoisotopic (exact) mass is 310 g/mol. The maximum Gasteiger partial charge on any atom is 0.238 e. The van der Waals surface area contributed by atoms with Crippen LogP contribution in [0, 0.1) is 6.92 Å². The van der Waals surface area contributed by atoms with Crippen molar-refractivity contribution in [1.29, 1.82) is 0 Å². The minimum atomic E-state index is -3.68. The number of nitrogens with zero attached hydrogens (tertiary/aromatic N) is 2. The summed E-state index contributed by atoms with van der Waals surface area (Å²) in [5, 5.41) is 12.2. The molecular weight excluding hydrogens is 292 g/mol. The van der Waals surface area contributed by atoms with Gasteiger partial charge in [0.1, 0.15) is 0 Å². The molecule has 0 saturated carbocycles. The van der Waals surface area contributed by atoms with Crippen LogP contribution in [-0.2, 0) is 16.4 Å². The number of benzene rings is 1. The van der Waals surface area contributed by atoms with Gasteiger partial charge in [0.05, 0.1) is 4.90 Å². The minimum absolute atomic E-state index is 0.0142. The van der Waals surface area contributed by atoms with E-state index in [0.29, 0.717) is 24.7 Å². The Morgan fingerprint density at radius 3 is 2.81 bits per heavy atom. The summed E-state index contributed by atoms with van der Waals surface area (Å²) in [5.41, 5.74) is 0.853. The smallest absolute Gasteiger partial charge is 0.238 e. The first-order chi connectivity index (χ1) is 9.86. The van der Waals surface area contributed by atoms with Crippen molar-refractivity contribution >= 4 is 10.0 Å². The summed E-state index contributed by atoms with van der Waals surface area (Å²) in [5.74, 6) is 1.18. The first kappa shape index (κ1) is 15.6. The van der Waals surface area contributed by atoms with Gasteiger partial charge >= 0.3 is 0 Å². The second-order valence-electron chi connectivity index (χ2n) is 4.77. The van der Waals surface area contributed by atoms with Crippen molar-refractivity contribution < 1.29 is 12.9 Å². The van der Waals surface area contributed by atoms with Crippen LogP contribution in [0.4, 0.5) is 0 Å². The number of hydrogen-bond donors (Lipinski definition) is 2. The number of aryl methyl sites for hydroxylation is 1. The maximum atomic E-state index is 11.3. The Labute approximate surface area is 123 Å². The molecule has 3 N–H and O–H groups in total. The lowest BCUT2D eigenvalue weighted by Crippen LogP contribution is -2.22. The molecule has 0 saturated heterocycles. The van der Waals surface area contributed by atoms with Crippen LogP contribution in [0.5, 0.6) is 0 Å². The summed E-state index contributed by atoms with van der Waals surface area (Å²) >= 11 is 0. The summed E-state index contributed by atoms with van der Waals surface area (Å²) < 4.78 is 27.6. The molecule has 2 rings (SSSR count). The van der Waals surface area contributed by atoms with E-state index >= 15 is 0 Å². The molecule has 8 heteroatoms. The molecule has 1 atom stereocenters. The fourth-order valence-electron chi connectivity index (χ4n) is 1.92. The third-order valence-corrected chi connectivity index (χ3v) is 3.97. The predicted octanol–water partition coefficient (Wildman–Crippen LogP) is 0.919. The largest absolute Gasteiger partial charge is 0.340 e. The van der Waals surface area contributed by atoms with Crippen LogP contribution in [0.15, 0.2) is 33.7 Å². The third-order valence-electron chi connectivity index (χ3n) is 3.06. The van der Waals surface area contributed by atoms with Crippen molar-refractivity contribution in [3.63, 3.8) is 0 Å². The van der Waals surface area contributed by atoms with E-state index in [1.165, 1.54) is 6.07 Å². The molecule has 7 nitrogen and oxygen atoms in total. The van der Waals surface area contributed by atoms with Gasteiger partial charge in [-0.15, -0.1) is 0 Å². The number of rotatable bonds is 6. The molecule has 0 fully saturated rings. The fourth-order valence-corrected chi connectivity index (χ4v) is 2.49. The Balaban J connectivity index is 1.95. The summed E-state index contributed by atoms with van der Waals surface area (Å²) in [4.78, 5) is 4.23. The Kier molecular flexibility index (Phi) is 4.71. The van der Waals surface area contributed by atoms with E-state index in [0.717, 1.165) is 5.56 Å². The highest BCUT2D eigenvalue weighted by molar-refractivity contribution is 7.89. The van der Waals surface area contributed by atoms with Crippen LogP contribution < -0.4 is 10.5 Å². The van der Waals surface area contributed by atoms with Gasteiger partial charge in [-0.2, -0.15) is 4.98 Å². The van der Waals surface area contributed by atoms with Crippen LogP contribution in [-0.4, -0.2) is 25.1 Å². The van der Waals surface area contributed by atoms with Gasteiger partial charge in [-0.1, -0.05) is 17.3 Å². The molecular formula is C13H18N4O3S. The second kappa shape index (κ2) is 6.33. The van der Waals surface area contributed by atoms with E-state index in [4.69, 9.17) is 9.66 Å². The van der Waals surface area contributed by atoms with E-state index in [1.54, 1.807) is 19.1 Å². The molecule has 0 aliphatic heterocycles. The first-order valence-electron chi connectivity index (χ1n) is 6.51. The van der Waals surface area contributed by atoms with Crippen LogP contribution in [0.25, 0.3) is 0 Å². The van der Waals surface area contributed by atoms with Crippen LogP contribution in [0.3, 0.4) is 0 Å².